The molecule has 0 bridgehead atoms. The number of esters is 2. The van der Waals surface area contributed by atoms with Crippen LogP contribution in [-0.4, -0.2) is 57.9 Å². The van der Waals surface area contributed by atoms with E-state index in [4.69, 9.17) is 9.47 Å². The zero-order chi connectivity index (χ0) is 26.2. The smallest absolute Gasteiger partial charge is 0.348 e. The Hall–Kier alpha value is -3.71. The average Bonchev–Trinajstić information content (AvgIpc) is 3.43. The van der Waals surface area contributed by atoms with Crippen molar-refractivity contribution in [2.75, 3.05) is 29.6 Å². The number of amides is 2. The number of hydrogen-bond donors (Lipinski definition) is 3. The molecule has 0 spiro atoms. The van der Waals surface area contributed by atoms with Gasteiger partial charge in [-0.15, -0.1) is 16.4 Å². The summed E-state index contributed by atoms with van der Waals surface area (Å²) in [4.78, 5) is 53.2. The number of ether oxygens (including phenoxy) is 2. The molecule has 0 fully saturated rings. The van der Waals surface area contributed by atoms with Crippen LogP contribution in [0.5, 0.6) is 0 Å². The predicted octanol–water partition coefficient (Wildman–Crippen LogP) is 3.88. The summed E-state index contributed by atoms with van der Waals surface area (Å²) in [6, 6.07) is 7.05. The summed E-state index contributed by atoms with van der Waals surface area (Å²) in [7, 11) is 0. The van der Waals surface area contributed by atoms with Gasteiger partial charge in [0, 0.05) is 18.2 Å². The maximum atomic E-state index is 12.6. The molecule has 3 rings (SSSR count). The fraction of sp³-hybridized carbons (Fsp3) is 0.304. The van der Waals surface area contributed by atoms with Crippen molar-refractivity contribution in [3.63, 3.8) is 0 Å². The Kier molecular flexibility index (Phi) is 9.19. The van der Waals surface area contributed by atoms with Crippen LogP contribution in [0.4, 0.5) is 10.7 Å². The number of rotatable bonds is 10. The van der Waals surface area contributed by atoms with Gasteiger partial charge in [0.2, 0.25) is 17.0 Å². The number of hydrogen-bond acceptors (Lipinski definition) is 10. The lowest BCUT2D eigenvalue weighted by Gasteiger charge is -2.06. The molecule has 2 aromatic heterocycles. The maximum Gasteiger partial charge on any atom is 0.348 e. The van der Waals surface area contributed by atoms with Crippen molar-refractivity contribution in [3.8, 4) is 11.4 Å². The zero-order valence-corrected chi connectivity index (χ0v) is 21.7. The first-order valence-corrected chi connectivity index (χ1v) is 12.7. The molecule has 0 aliphatic carbocycles. The third-order valence-corrected chi connectivity index (χ3v) is 6.65. The second kappa shape index (κ2) is 12.3. The molecule has 0 aliphatic rings. The van der Waals surface area contributed by atoms with E-state index in [0.29, 0.717) is 22.2 Å². The maximum absolute atomic E-state index is 12.6. The Morgan fingerprint density at radius 2 is 1.69 bits per heavy atom. The fourth-order valence-corrected chi connectivity index (χ4v) is 4.79. The molecule has 0 atom stereocenters. The van der Waals surface area contributed by atoms with Gasteiger partial charge in [0.25, 0.3) is 0 Å². The highest BCUT2D eigenvalue weighted by molar-refractivity contribution is 7.99. The van der Waals surface area contributed by atoms with Crippen LogP contribution in [-0.2, 0) is 19.1 Å². The summed E-state index contributed by atoms with van der Waals surface area (Å²) in [6.45, 7) is 6.72. The summed E-state index contributed by atoms with van der Waals surface area (Å²) in [5, 5.41) is 12.9. The van der Waals surface area contributed by atoms with Gasteiger partial charge in [-0.3, -0.25) is 14.7 Å². The Balaban J connectivity index is 1.67. The lowest BCUT2D eigenvalue weighted by Crippen LogP contribution is -2.16. The van der Waals surface area contributed by atoms with E-state index in [1.54, 1.807) is 45.0 Å². The number of anilines is 2. The van der Waals surface area contributed by atoms with Crippen molar-refractivity contribution >= 4 is 57.5 Å². The van der Waals surface area contributed by atoms with Crippen molar-refractivity contribution in [1.82, 2.24) is 15.2 Å². The Morgan fingerprint density at radius 3 is 2.33 bits per heavy atom. The van der Waals surface area contributed by atoms with Crippen LogP contribution >= 0.6 is 23.1 Å². The van der Waals surface area contributed by atoms with Gasteiger partial charge in [-0.2, -0.15) is 0 Å². The molecule has 0 aliphatic heterocycles. The quantitative estimate of drug-likeness (QED) is 0.261. The van der Waals surface area contributed by atoms with Crippen LogP contribution in [0.15, 0.2) is 29.4 Å². The number of thioether (sulfide) groups is 1. The lowest BCUT2D eigenvalue weighted by molar-refractivity contribution is -0.114. The van der Waals surface area contributed by atoms with Gasteiger partial charge in [-0.05, 0) is 50.6 Å². The van der Waals surface area contributed by atoms with E-state index in [1.807, 2.05) is 0 Å². The van der Waals surface area contributed by atoms with Gasteiger partial charge in [-0.1, -0.05) is 11.8 Å². The van der Waals surface area contributed by atoms with Crippen molar-refractivity contribution in [1.29, 1.82) is 0 Å². The van der Waals surface area contributed by atoms with E-state index in [-0.39, 0.29) is 40.3 Å². The van der Waals surface area contributed by atoms with Crippen LogP contribution in [0, 0.1) is 6.92 Å². The second-order valence-corrected chi connectivity index (χ2v) is 9.23. The van der Waals surface area contributed by atoms with Gasteiger partial charge >= 0.3 is 11.9 Å². The number of nitrogens with zero attached hydrogens (tertiary/aromatic N) is 2. The topological polar surface area (TPSA) is 152 Å². The molecular formula is C23H25N5O6S2. The van der Waals surface area contributed by atoms with Gasteiger partial charge in [0.05, 0.1) is 24.5 Å². The number of carbonyl (C=O) groups is 4. The molecule has 0 saturated heterocycles. The summed E-state index contributed by atoms with van der Waals surface area (Å²) in [5.41, 5.74) is 1.94. The summed E-state index contributed by atoms with van der Waals surface area (Å²) in [6.07, 6.45) is 0. The van der Waals surface area contributed by atoms with Crippen LogP contribution < -0.4 is 10.6 Å². The number of aromatic amines is 1. The molecule has 36 heavy (non-hydrogen) atoms. The van der Waals surface area contributed by atoms with Gasteiger partial charge in [-0.25, -0.2) is 14.6 Å². The van der Waals surface area contributed by atoms with Crippen molar-refractivity contribution in [2.45, 2.75) is 32.9 Å². The van der Waals surface area contributed by atoms with Gasteiger partial charge in [0.15, 0.2) is 5.82 Å². The number of nitrogens with one attached hydrogen (secondary N) is 3. The minimum atomic E-state index is -0.632. The normalized spacial score (nSPS) is 10.6. The molecule has 2 heterocycles. The van der Waals surface area contributed by atoms with Gasteiger partial charge < -0.3 is 20.1 Å². The first-order chi connectivity index (χ1) is 17.2. The molecule has 0 radical (unpaired) electrons. The van der Waals surface area contributed by atoms with Crippen molar-refractivity contribution in [3.05, 3.63) is 40.3 Å². The Bertz CT molecular complexity index is 1270. The highest BCUT2D eigenvalue weighted by Gasteiger charge is 2.27. The van der Waals surface area contributed by atoms with Crippen molar-refractivity contribution in [2.24, 2.45) is 0 Å². The first-order valence-electron chi connectivity index (χ1n) is 10.9. The van der Waals surface area contributed by atoms with Crippen LogP contribution in [0.1, 0.15) is 46.4 Å². The second-order valence-electron chi connectivity index (χ2n) is 7.26. The minimum Gasteiger partial charge on any atom is -0.462 e. The van der Waals surface area contributed by atoms with Crippen LogP contribution in [0.3, 0.4) is 0 Å². The van der Waals surface area contributed by atoms with Crippen LogP contribution in [0.2, 0.25) is 0 Å². The Morgan fingerprint density at radius 1 is 1.03 bits per heavy atom. The van der Waals surface area contributed by atoms with E-state index in [0.717, 1.165) is 28.7 Å². The molecule has 2 amide bonds. The summed E-state index contributed by atoms with van der Waals surface area (Å²) >= 11 is 2.06. The first kappa shape index (κ1) is 26.9. The number of H-pyrrole nitrogens is 1. The molecule has 190 valence electrons. The van der Waals surface area contributed by atoms with Gasteiger partial charge in [0.1, 0.15) is 9.88 Å². The number of benzene rings is 1. The van der Waals surface area contributed by atoms with Crippen molar-refractivity contribution < 1.29 is 28.7 Å². The van der Waals surface area contributed by atoms with E-state index in [1.165, 1.54) is 6.92 Å². The predicted molar refractivity (Wildman–Crippen MR) is 136 cm³/mol. The monoisotopic (exact) mass is 531 g/mol. The van der Waals surface area contributed by atoms with E-state index in [9.17, 15) is 19.2 Å². The highest BCUT2D eigenvalue weighted by Crippen LogP contribution is 2.34. The molecule has 13 heteroatoms. The lowest BCUT2D eigenvalue weighted by atomic mass is 10.1. The molecule has 11 nitrogen and oxygen atoms in total. The highest BCUT2D eigenvalue weighted by atomic mass is 32.2. The number of aromatic nitrogens is 3. The third-order valence-electron chi connectivity index (χ3n) is 4.62. The van der Waals surface area contributed by atoms with E-state index in [2.05, 4.69) is 25.8 Å². The summed E-state index contributed by atoms with van der Waals surface area (Å²) in [5.74, 6) is -1.31. The molecular weight excluding hydrogens is 506 g/mol. The molecule has 0 saturated carbocycles. The number of thiophene rings is 1. The molecule has 1 aromatic carbocycles. The molecule has 0 unspecified atom stereocenters. The average molecular weight is 532 g/mol. The van der Waals surface area contributed by atoms with Crippen LogP contribution in [0.25, 0.3) is 11.4 Å². The zero-order valence-electron chi connectivity index (χ0n) is 20.1. The Labute approximate surface area is 215 Å². The fourth-order valence-electron chi connectivity index (χ4n) is 3.09. The largest absolute Gasteiger partial charge is 0.462 e. The third kappa shape index (κ3) is 6.70. The summed E-state index contributed by atoms with van der Waals surface area (Å²) < 4.78 is 10.2. The van der Waals surface area contributed by atoms with E-state index >= 15 is 0 Å². The molecule has 3 N–H and O–H groups in total. The SMILES string of the molecule is CCOC(=O)c1sc(NC(=O)CSc2n[nH]c(-c3ccc(NC(C)=O)cc3)n2)c(C(=O)OCC)c1C. The number of carbonyl (C=O) groups excluding carboxylic acids is 4. The standard InChI is InChI=1S/C23H25N5O6S2/c1-5-33-21(31)17-12(3)18(22(32)34-6-2)36-20(17)25-16(30)11-35-23-26-19(27-28-23)14-7-9-15(10-8-14)24-13(4)29/h7-10H,5-6,11H2,1-4H3,(H,24,29)(H,25,30)(H,26,27,28). The molecule has 3 aromatic rings. The van der Waals surface area contributed by atoms with E-state index < -0.39 is 17.8 Å². The minimum absolute atomic E-state index is 0.0350.